The van der Waals surface area contributed by atoms with Gasteiger partial charge in [-0.1, -0.05) is 0 Å². The van der Waals surface area contributed by atoms with Crippen LogP contribution in [0, 0.1) is 5.95 Å². The summed E-state index contributed by atoms with van der Waals surface area (Å²) in [5.74, 6) is -0.461. The Balaban J connectivity index is 2.11. The van der Waals surface area contributed by atoms with E-state index in [2.05, 4.69) is 9.97 Å². The van der Waals surface area contributed by atoms with Gasteiger partial charge in [-0.05, 0) is 6.07 Å². The summed E-state index contributed by atoms with van der Waals surface area (Å²) < 4.78 is 12.9. The molecule has 0 aliphatic rings. The Bertz CT molecular complexity index is 430. The van der Waals surface area contributed by atoms with Crippen LogP contribution in [0.5, 0.6) is 0 Å². The lowest BCUT2D eigenvalue weighted by Gasteiger charge is -2.17. The van der Waals surface area contributed by atoms with Crippen LogP contribution in [-0.2, 0) is 6.54 Å². The number of hydrogen-bond acceptors (Lipinski definition) is 4. The molecular formula is C10H10FN3S. The molecule has 0 spiro atoms. The van der Waals surface area contributed by atoms with Gasteiger partial charge in [0.1, 0.15) is 0 Å². The van der Waals surface area contributed by atoms with Crippen LogP contribution in [0.4, 0.5) is 10.1 Å². The monoisotopic (exact) mass is 223 g/mol. The standard InChI is InChI=1S/C10H10FN3S/c1-14(5-8-6-15-7-13-8)9-2-3-12-10(11)4-9/h2-4,6-7H,5H2,1H3. The number of halogens is 1. The van der Waals surface area contributed by atoms with Crippen molar-refractivity contribution in [2.45, 2.75) is 6.54 Å². The Hall–Kier alpha value is -1.49. The first-order valence-electron chi connectivity index (χ1n) is 4.45. The van der Waals surface area contributed by atoms with Crippen LogP contribution in [0.2, 0.25) is 0 Å². The maximum Gasteiger partial charge on any atom is 0.214 e. The molecule has 15 heavy (non-hydrogen) atoms. The van der Waals surface area contributed by atoms with E-state index in [9.17, 15) is 4.39 Å². The quantitative estimate of drug-likeness (QED) is 0.748. The first-order chi connectivity index (χ1) is 7.25. The van der Waals surface area contributed by atoms with Crippen molar-refractivity contribution in [2.24, 2.45) is 0 Å². The van der Waals surface area contributed by atoms with E-state index in [1.54, 1.807) is 22.9 Å². The van der Waals surface area contributed by atoms with E-state index in [0.29, 0.717) is 6.54 Å². The number of hydrogen-bond donors (Lipinski definition) is 0. The third-order valence-corrected chi connectivity index (χ3v) is 2.67. The second kappa shape index (κ2) is 4.35. The molecular weight excluding hydrogens is 213 g/mol. The summed E-state index contributed by atoms with van der Waals surface area (Å²) in [5.41, 5.74) is 3.58. The molecule has 0 saturated heterocycles. The van der Waals surface area contributed by atoms with E-state index in [1.807, 2.05) is 17.3 Å². The Labute approximate surface area is 91.2 Å². The molecule has 0 unspecified atom stereocenters. The normalized spacial score (nSPS) is 10.3. The zero-order valence-electron chi connectivity index (χ0n) is 8.22. The van der Waals surface area contributed by atoms with Crippen molar-refractivity contribution in [2.75, 3.05) is 11.9 Å². The molecule has 0 bridgehead atoms. The van der Waals surface area contributed by atoms with Gasteiger partial charge in [0, 0.05) is 30.4 Å². The molecule has 0 fully saturated rings. The zero-order valence-corrected chi connectivity index (χ0v) is 9.04. The van der Waals surface area contributed by atoms with Crippen molar-refractivity contribution in [3.63, 3.8) is 0 Å². The summed E-state index contributed by atoms with van der Waals surface area (Å²) in [5, 5.41) is 1.98. The van der Waals surface area contributed by atoms with Crippen LogP contribution in [0.3, 0.4) is 0 Å². The average molecular weight is 223 g/mol. The summed E-state index contributed by atoms with van der Waals surface area (Å²) in [6.07, 6.45) is 1.46. The fourth-order valence-electron chi connectivity index (χ4n) is 1.28. The lowest BCUT2D eigenvalue weighted by Crippen LogP contribution is -2.16. The van der Waals surface area contributed by atoms with Crippen molar-refractivity contribution in [1.29, 1.82) is 0 Å². The summed E-state index contributed by atoms with van der Waals surface area (Å²) >= 11 is 1.56. The predicted molar refractivity (Wildman–Crippen MR) is 58.4 cm³/mol. The highest BCUT2D eigenvalue weighted by Crippen LogP contribution is 2.15. The largest absolute Gasteiger partial charge is 0.368 e. The smallest absolute Gasteiger partial charge is 0.214 e. The molecule has 0 radical (unpaired) electrons. The third-order valence-electron chi connectivity index (χ3n) is 2.03. The van der Waals surface area contributed by atoms with Gasteiger partial charge < -0.3 is 4.90 Å². The lowest BCUT2D eigenvalue weighted by atomic mass is 10.3. The first kappa shape index (κ1) is 10.0. The van der Waals surface area contributed by atoms with Gasteiger partial charge in [0.05, 0.1) is 17.7 Å². The van der Waals surface area contributed by atoms with Gasteiger partial charge in [0.15, 0.2) is 0 Å². The molecule has 0 N–H and O–H groups in total. The number of thiazole rings is 1. The highest BCUT2D eigenvalue weighted by molar-refractivity contribution is 7.07. The van der Waals surface area contributed by atoms with E-state index >= 15 is 0 Å². The SMILES string of the molecule is CN(Cc1cscn1)c1ccnc(F)c1. The van der Waals surface area contributed by atoms with Gasteiger partial charge in [-0.3, -0.25) is 0 Å². The van der Waals surface area contributed by atoms with Crippen LogP contribution in [0.1, 0.15) is 5.69 Å². The Morgan fingerprint density at radius 2 is 2.33 bits per heavy atom. The Morgan fingerprint density at radius 3 is 3.00 bits per heavy atom. The number of nitrogens with zero attached hydrogens (tertiary/aromatic N) is 3. The molecule has 2 aromatic heterocycles. The molecule has 3 nitrogen and oxygen atoms in total. The average Bonchev–Trinajstić information content (AvgIpc) is 2.70. The van der Waals surface area contributed by atoms with Crippen molar-refractivity contribution >= 4 is 17.0 Å². The molecule has 0 amide bonds. The number of pyridine rings is 1. The molecule has 2 heterocycles. The van der Waals surface area contributed by atoms with Crippen molar-refractivity contribution in [1.82, 2.24) is 9.97 Å². The second-order valence-electron chi connectivity index (χ2n) is 3.17. The number of aromatic nitrogens is 2. The van der Waals surface area contributed by atoms with Gasteiger partial charge in [0.25, 0.3) is 0 Å². The summed E-state index contributed by atoms with van der Waals surface area (Å²) in [6, 6.07) is 3.18. The molecule has 5 heteroatoms. The van der Waals surface area contributed by atoms with E-state index in [1.165, 1.54) is 12.3 Å². The second-order valence-corrected chi connectivity index (χ2v) is 3.89. The van der Waals surface area contributed by atoms with Crippen molar-refractivity contribution < 1.29 is 4.39 Å². The van der Waals surface area contributed by atoms with Gasteiger partial charge in [0.2, 0.25) is 5.95 Å². The lowest BCUT2D eigenvalue weighted by molar-refractivity contribution is 0.583. The molecule has 0 saturated carbocycles. The minimum atomic E-state index is -0.461. The molecule has 2 rings (SSSR count). The predicted octanol–water partition coefficient (Wildman–Crippen LogP) is 2.31. The van der Waals surface area contributed by atoms with E-state index in [0.717, 1.165) is 11.4 Å². The minimum absolute atomic E-state index is 0.461. The Kier molecular flexibility index (Phi) is 2.91. The van der Waals surface area contributed by atoms with E-state index in [4.69, 9.17) is 0 Å². The topological polar surface area (TPSA) is 29.0 Å². The summed E-state index contributed by atoms with van der Waals surface area (Å²) in [6.45, 7) is 0.674. The highest BCUT2D eigenvalue weighted by atomic mass is 32.1. The van der Waals surface area contributed by atoms with Crippen molar-refractivity contribution in [3.8, 4) is 0 Å². The van der Waals surface area contributed by atoms with Crippen LogP contribution in [-0.4, -0.2) is 17.0 Å². The van der Waals surface area contributed by atoms with Crippen molar-refractivity contribution in [3.05, 3.63) is 40.9 Å². The fraction of sp³-hybridized carbons (Fsp3) is 0.200. The van der Waals surface area contributed by atoms with Gasteiger partial charge >= 0.3 is 0 Å². The molecule has 0 aliphatic carbocycles. The van der Waals surface area contributed by atoms with Gasteiger partial charge in [-0.15, -0.1) is 11.3 Å². The number of rotatable bonds is 3. The maximum atomic E-state index is 12.9. The van der Waals surface area contributed by atoms with Gasteiger partial charge in [-0.25, -0.2) is 9.97 Å². The molecule has 0 aliphatic heterocycles. The van der Waals surface area contributed by atoms with Crippen LogP contribution < -0.4 is 4.90 Å². The van der Waals surface area contributed by atoms with Crippen LogP contribution >= 0.6 is 11.3 Å². The molecule has 78 valence electrons. The van der Waals surface area contributed by atoms with E-state index < -0.39 is 5.95 Å². The number of anilines is 1. The molecule has 2 aromatic rings. The first-order valence-corrected chi connectivity index (χ1v) is 5.40. The maximum absolute atomic E-state index is 12.9. The van der Waals surface area contributed by atoms with Crippen LogP contribution in [0.15, 0.2) is 29.2 Å². The highest BCUT2D eigenvalue weighted by Gasteiger charge is 2.04. The van der Waals surface area contributed by atoms with E-state index in [-0.39, 0.29) is 0 Å². The summed E-state index contributed by atoms with van der Waals surface area (Å²) in [4.78, 5) is 9.61. The zero-order chi connectivity index (χ0) is 10.7. The van der Waals surface area contributed by atoms with Gasteiger partial charge in [-0.2, -0.15) is 4.39 Å². The summed E-state index contributed by atoms with van der Waals surface area (Å²) in [7, 11) is 1.90. The molecule has 0 aromatic carbocycles. The fourth-order valence-corrected chi connectivity index (χ4v) is 1.83. The molecule has 0 atom stereocenters. The van der Waals surface area contributed by atoms with Crippen LogP contribution in [0.25, 0.3) is 0 Å². The Morgan fingerprint density at radius 1 is 1.47 bits per heavy atom. The third kappa shape index (κ3) is 2.50. The minimum Gasteiger partial charge on any atom is -0.368 e.